The topological polar surface area (TPSA) is 18.5 Å². The van der Waals surface area contributed by atoms with Crippen LogP contribution in [0.5, 0.6) is 0 Å². The maximum absolute atomic E-state index is 3.56. The first-order valence-corrected chi connectivity index (χ1v) is 7.52. The normalized spacial score (nSPS) is 41.1. The maximum atomic E-state index is 3.56. The minimum absolute atomic E-state index is 0.819. The van der Waals surface area contributed by atoms with Crippen molar-refractivity contribution >= 4 is 0 Å². The van der Waals surface area contributed by atoms with Gasteiger partial charge < -0.3 is 10.2 Å². The van der Waals surface area contributed by atoms with E-state index in [1.807, 2.05) is 0 Å². The highest BCUT2D eigenvalue weighted by molar-refractivity contribution is 4.91. The number of hydrogen-bond acceptors (Lipinski definition) is 3. The highest BCUT2D eigenvalue weighted by Crippen LogP contribution is 2.29. The third-order valence-corrected chi connectivity index (χ3v) is 4.92. The standard InChI is InChI=1S/C14H27N3/c1-12-10-15-5-8-17(11-12)14-4-7-16-6-2-3-13(16)9-14/h12-15H,2-11H2,1H3. The Balaban J connectivity index is 1.59. The summed E-state index contributed by atoms with van der Waals surface area (Å²) in [7, 11) is 0. The maximum Gasteiger partial charge on any atom is 0.0123 e. The van der Waals surface area contributed by atoms with E-state index in [4.69, 9.17) is 0 Å². The van der Waals surface area contributed by atoms with Crippen molar-refractivity contribution in [2.24, 2.45) is 5.92 Å². The van der Waals surface area contributed by atoms with Crippen LogP contribution < -0.4 is 5.32 Å². The van der Waals surface area contributed by atoms with Crippen LogP contribution in [0.15, 0.2) is 0 Å². The molecule has 0 radical (unpaired) electrons. The summed E-state index contributed by atoms with van der Waals surface area (Å²) >= 11 is 0. The molecule has 0 spiro atoms. The zero-order chi connectivity index (χ0) is 11.7. The lowest BCUT2D eigenvalue weighted by Gasteiger charge is -2.40. The number of hydrogen-bond donors (Lipinski definition) is 1. The van der Waals surface area contributed by atoms with Gasteiger partial charge in [0.1, 0.15) is 0 Å². The molecule has 0 aromatic heterocycles. The van der Waals surface area contributed by atoms with Crippen LogP contribution in [0, 0.1) is 5.92 Å². The second-order valence-corrected chi connectivity index (χ2v) is 6.31. The largest absolute Gasteiger partial charge is 0.315 e. The molecular weight excluding hydrogens is 210 g/mol. The Morgan fingerprint density at radius 3 is 2.82 bits per heavy atom. The van der Waals surface area contributed by atoms with Crippen molar-refractivity contribution < 1.29 is 0 Å². The van der Waals surface area contributed by atoms with Crippen molar-refractivity contribution in [1.29, 1.82) is 0 Å². The highest BCUT2D eigenvalue weighted by atomic mass is 15.2. The van der Waals surface area contributed by atoms with Crippen LogP contribution in [0.1, 0.15) is 32.6 Å². The Morgan fingerprint density at radius 2 is 1.88 bits per heavy atom. The quantitative estimate of drug-likeness (QED) is 0.738. The van der Waals surface area contributed by atoms with E-state index in [9.17, 15) is 0 Å². The van der Waals surface area contributed by atoms with Crippen LogP contribution in [-0.4, -0.2) is 61.2 Å². The van der Waals surface area contributed by atoms with Gasteiger partial charge in [0.05, 0.1) is 0 Å². The molecule has 0 aliphatic carbocycles. The predicted molar refractivity (Wildman–Crippen MR) is 71.2 cm³/mol. The van der Waals surface area contributed by atoms with Gasteiger partial charge in [0.15, 0.2) is 0 Å². The first-order chi connectivity index (χ1) is 8.33. The summed E-state index contributed by atoms with van der Waals surface area (Å²) in [5, 5.41) is 3.56. The van der Waals surface area contributed by atoms with Gasteiger partial charge in [-0.25, -0.2) is 0 Å². The summed E-state index contributed by atoms with van der Waals surface area (Å²) < 4.78 is 0. The van der Waals surface area contributed by atoms with E-state index in [1.165, 1.54) is 65.0 Å². The fourth-order valence-corrected chi connectivity index (χ4v) is 3.99. The Bertz CT molecular complexity index is 256. The molecule has 0 bridgehead atoms. The van der Waals surface area contributed by atoms with Gasteiger partial charge in [-0.15, -0.1) is 0 Å². The summed E-state index contributed by atoms with van der Waals surface area (Å²) in [5.41, 5.74) is 0. The molecule has 3 atom stereocenters. The van der Waals surface area contributed by atoms with Gasteiger partial charge in [-0.1, -0.05) is 6.92 Å². The summed E-state index contributed by atoms with van der Waals surface area (Å²) in [4.78, 5) is 5.51. The lowest BCUT2D eigenvalue weighted by atomic mass is 9.95. The SMILES string of the molecule is CC1CNCCN(C2CCN3CCCC3C2)C1. The lowest BCUT2D eigenvalue weighted by molar-refractivity contribution is 0.0853. The number of rotatable bonds is 1. The Morgan fingerprint density at radius 1 is 1.00 bits per heavy atom. The minimum atomic E-state index is 0.819. The number of piperidine rings is 1. The first kappa shape index (κ1) is 11.9. The van der Waals surface area contributed by atoms with Crippen molar-refractivity contribution in [3.63, 3.8) is 0 Å². The van der Waals surface area contributed by atoms with Crippen molar-refractivity contribution in [2.75, 3.05) is 39.3 Å². The summed E-state index contributed by atoms with van der Waals surface area (Å²) in [6.45, 7) is 10.1. The predicted octanol–water partition coefficient (Wildman–Crippen LogP) is 1.15. The second-order valence-electron chi connectivity index (χ2n) is 6.31. The lowest BCUT2D eigenvalue weighted by Crippen LogP contribution is -2.49. The van der Waals surface area contributed by atoms with Crippen molar-refractivity contribution in [3.05, 3.63) is 0 Å². The van der Waals surface area contributed by atoms with Gasteiger partial charge in [0.2, 0.25) is 0 Å². The van der Waals surface area contributed by atoms with Crippen molar-refractivity contribution in [2.45, 2.75) is 44.7 Å². The Kier molecular flexibility index (Phi) is 3.69. The molecule has 3 aliphatic rings. The molecule has 3 fully saturated rings. The molecule has 3 rings (SSSR count). The molecule has 0 saturated carbocycles. The smallest absolute Gasteiger partial charge is 0.0123 e. The van der Waals surface area contributed by atoms with Crippen LogP contribution in [-0.2, 0) is 0 Å². The molecule has 0 amide bonds. The Hall–Kier alpha value is -0.120. The van der Waals surface area contributed by atoms with E-state index >= 15 is 0 Å². The van der Waals surface area contributed by atoms with Crippen LogP contribution in [0.2, 0.25) is 0 Å². The van der Waals surface area contributed by atoms with E-state index in [2.05, 4.69) is 22.0 Å². The highest BCUT2D eigenvalue weighted by Gasteiger charge is 2.34. The van der Waals surface area contributed by atoms with Gasteiger partial charge in [0, 0.05) is 31.7 Å². The van der Waals surface area contributed by atoms with Crippen molar-refractivity contribution in [3.8, 4) is 0 Å². The number of nitrogens with zero attached hydrogens (tertiary/aromatic N) is 2. The summed E-state index contributed by atoms with van der Waals surface area (Å²) in [5.74, 6) is 0.819. The van der Waals surface area contributed by atoms with Crippen LogP contribution in [0.4, 0.5) is 0 Å². The van der Waals surface area contributed by atoms with E-state index < -0.39 is 0 Å². The van der Waals surface area contributed by atoms with Crippen LogP contribution >= 0.6 is 0 Å². The molecule has 1 N–H and O–H groups in total. The zero-order valence-corrected chi connectivity index (χ0v) is 11.2. The molecule has 0 aromatic carbocycles. The fourth-order valence-electron chi connectivity index (χ4n) is 3.99. The molecular formula is C14H27N3. The minimum Gasteiger partial charge on any atom is -0.315 e. The molecule has 3 heterocycles. The monoisotopic (exact) mass is 237 g/mol. The third-order valence-electron chi connectivity index (χ3n) is 4.92. The van der Waals surface area contributed by atoms with E-state index in [1.54, 1.807) is 0 Å². The van der Waals surface area contributed by atoms with Crippen molar-refractivity contribution in [1.82, 2.24) is 15.1 Å². The molecule has 3 heteroatoms. The average Bonchev–Trinajstić information content (AvgIpc) is 2.69. The van der Waals surface area contributed by atoms with Gasteiger partial charge in [-0.3, -0.25) is 4.90 Å². The molecule has 0 aromatic rings. The average molecular weight is 237 g/mol. The third kappa shape index (κ3) is 2.67. The van der Waals surface area contributed by atoms with E-state index in [-0.39, 0.29) is 0 Å². The number of fused-ring (bicyclic) bond motifs is 1. The summed E-state index contributed by atoms with van der Waals surface area (Å²) in [6.07, 6.45) is 5.74. The molecule has 17 heavy (non-hydrogen) atoms. The van der Waals surface area contributed by atoms with Gasteiger partial charge in [0.25, 0.3) is 0 Å². The van der Waals surface area contributed by atoms with E-state index in [0.717, 1.165) is 18.0 Å². The van der Waals surface area contributed by atoms with E-state index in [0.29, 0.717) is 0 Å². The fraction of sp³-hybridized carbons (Fsp3) is 1.00. The van der Waals surface area contributed by atoms with Crippen LogP contribution in [0.3, 0.4) is 0 Å². The molecule has 3 nitrogen and oxygen atoms in total. The van der Waals surface area contributed by atoms with Gasteiger partial charge >= 0.3 is 0 Å². The molecule has 98 valence electrons. The van der Waals surface area contributed by atoms with Gasteiger partial charge in [-0.05, 0) is 51.2 Å². The van der Waals surface area contributed by atoms with Gasteiger partial charge in [-0.2, -0.15) is 0 Å². The first-order valence-electron chi connectivity index (χ1n) is 7.52. The summed E-state index contributed by atoms with van der Waals surface area (Å²) in [6, 6.07) is 1.79. The molecule has 3 aliphatic heterocycles. The zero-order valence-electron chi connectivity index (χ0n) is 11.2. The van der Waals surface area contributed by atoms with Crippen LogP contribution in [0.25, 0.3) is 0 Å². The number of nitrogens with one attached hydrogen (secondary N) is 1. The molecule has 3 unspecified atom stereocenters. The molecule has 3 saturated heterocycles. The Labute approximate surface area is 106 Å². The second kappa shape index (κ2) is 5.25.